The van der Waals surface area contributed by atoms with Crippen molar-refractivity contribution in [3.63, 3.8) is 0 Å². The molecule has 15 heteroatoms. The molecule has 0 unspecified atom stereocenters. The first-order chi connectivity index (χ1) is 18.2. The van der Waals surface area contributed by atoms with Gasteiger partial charge in [0.15, 0.2) is 17.4 Å². The number of hydrogen-bond donors (Lipinski definition) is 3. The lowest BCUT2D eigenvalue weighted by atomic mass is 10.1. The molecule has 2 aromatic heterocycles. The number of methoxy groups -OCH3 is 1. The second-order valence-corrected chi connectivity index (χ2v) is 10.2. The number of aromatic nitrogens is 3. The molecule has 3 heterocycles. The van der Waals surface area contributed by atoms with Crippen LogP contribution in [0.25, 0.3) is 11.3 Å². The zero-order chi connectivity index (χ0) is 27.3. The number of benzene rings is 1. The molecule has 0 saturated carbocycles. The first kappa shape index (κ1) is 27.5. The third-order valence-corrected chi connectivity index (χ3v) is 6.70. The summed E-state index contributed by atoms with van der Waals surface area (Å²) in [6, 6.07) is 4.86. The molecule has 0 radical (unpaired) electrons. The molecule has 204 valence electrons. The molecule has 1 fully saturated rings. The Morgan fingerprint density at radius 2 is 1.95 bits per heavy atom. The normalized spacial score (nSPS) is 17.7. The Balaban J connectivity index is 1.59. The number of alkyl halides is 1. The number of piperidine rings is 1. The van der Waals surface area contributed by atoms with E-state index in [1.54, 1.807) is 10.8 Å². The average Bonchev–Trinajstić information content (AvgIpc) is 2.89. The Morgan fingerprint density at radius 3 is 2.71 bits per heavy atom. The standard InChI is InChI=1S/C23H24F4N6O4S/c1-36-7-8-38(34,35)33-21-16(25)10-18(19(26)20(21)27)37-22-15(3-2-5-29-22)17-4-6-30-23(32-17)31-14-9-13(24)11-28-12-14/h2-6,10,13-14,28,33H,7-9,11-12H2,1H3,(H,30,31,32)/t13-,14-/m0/s1. The van der Waals surface area contributed by atoms with Crippen molar-refractivity contribution in [1.29, 1.82) is 0 Å². The third kappa shape index (κ3) is 6.65. The Labute approximate surface area is 215 Å². The highest BCUT2D eigenvalue weighted by molar-refractivity contribution is 7.92. The van der Waals surface area contributed by atoms with E-state index in [4.69, 9.17) is 4.74 Å². The monoisotopic (exact) mass is 556 g/mol. The van der Waals surface area contributed by atoms with E-state index in [2.05, 4.69) is 30.3 Å². The van der Waals surface area contributed by atoms with Crippen molar-refractivity contribution in [2.24, 2.45) is 0 Å². The predicted octanol–water partition coefficient (Wildman–Crippen LogP) is 3.25. The van der Waals surface area contributed by atoms with Gasteiger partial charge in [0, 0.05) is 51.1 Å². The van der Waals surface area contributed by atoms with E-state index in [1.165, 1.54) is 31.6 Å². The van der Waals surface area contributed by atoms with Crippen LogP contribution in [0.1, 0.15) is 6.42 Å². The summed E-state index contributed by atoms with van der Waals surface area (Å²) >= 11 is 0. The Kier molecular flexibility index (Phi) is 8.58. The first-order valence-electron chi connectivity index (χ1n) is 11.4. The van der Waals surface area contributed by atoms with Gasteiger partial charge in [0.05, 0.1) is 23.6 Å². The quantitative estimate of drug-likeness (QED) is 0.255. The van der Waals surface area contributed by atoms with Gasteiger partial charge in [-0.15, -0.1) is 0 Å². The number of sulfonamides is 1. The van der Waals surface area contributed by atoms with Crippen LogP contribution in [0.4, 0.5) is 29.2 Å². The zero-order valence-electron chi connectivity index (χ0n) is 20.0. The molecular weight excluding hydrogens is 532 g/mol. The van der Waals surface area contributed by atoms with Crippen LogP contribution >= 0.6 is 0 Å². The molecule has 0 amide bonds. The van der Waals surface area contributed by atoms with Crippen LogP contribution < -0.4 is 20.1 Å². The van der Waals surface area contributed by atoms with Gasteiger partial charge in [0.25, 0.3) is 0 Å². The van der Waals surface area contributed by atoms with Gasteiger partial charge in [-0.3, -0.25) is 4.72 Å². The fourth-order valence-corrected chi connectivity index (χ4v) is 4.66. The molecule has 10 nitrogen and oxygen atoms in total. The molecule has 38 heavy (non-hydrogen) atoms. The minimum Gasteiger partial charge on any atom is -0.435 e. The highest BCUT2D eigenvalue weighted by Crippen LogP contribution is 2.35. The lowest BCUT2D eigenvalue weighted by Gasteiger charge is -2.26. The minimum absolute atomic E-state index is 0.201. The summed E-state index contributed by atoms with van der Waals surface area (Å²) in [7, 11) is -2.96. The van der Waals surface area contributed by atoms with Crippen LogP contribution in [0, 0.1) is 17.5 Å². The minimum atomic E-state index is -4.21. The number of nitrogens with zero attached hydrogens (tertiary/aromatic N) is 3. The molecule has 3 aromatic rings. The topological polar surface area (TPSA) is 127 Å². The highest BCUT2D eigenvalue weighted by atomic mass is 32.2. The lowest BCUT2D eigenvalue weighted by Crippen LogP contribution is -2.44. The fourth-order valence-electron chi connectivity index (χ4n) is 3.67. The number of hydrogen-bond acceptors (Lipinski definition) is 9. The van der Waals surface area contributed by atoms with E-state index in [-0.39, 0.29) is 48.7 Å². The van der Waals surface area contributed by atoms with Gasteiger partial charge in [-0.1, -0.05) is 0 Å². The highest BCUT2D eigenvalue weighted by Gasteiger charge is 2.25. The Hall–Kier alpha value is -3.56. The van der Waals surface area contributed by atoms with E-state index in [0.717, 1.165) is 0 Å². The molecule has 1 aliphatic rings. The van der Waals surface area contributed by atoms with Crippen LogP contribution in [-0.4, -0.2) is 68.1 Å². The van der Waals surface area contributed by atoms with Crippen molar-refractivity contribution >= 4 is 21.7 Å². The Bertz CT molecular complexity index is 1400. The van der Waals surface area contributed by atoms with Gasteiger partial charge in [-0.05, 0) is 18.2 Å². The van der Waals surface area contributed by atoms with E-state index < -0.39 is 50.8 Å². The van der Waals surface area contributed by atoms with E-state index in [1.807, 2.05) is 0 Å². The largest absolute Gasteiger partial charge is 0.435 e. The zero-order valence-corrected chi connectivity index (χ0v) is 20.9. The molecule has 4 rings (SSSR count). The second kappa shape index (κ2) is 11.9. The maximum Gasteiger partial charge on any atom is 0.235 e. The number of halogens is 4. The van der Waals surface area contributed by atoms with Crippen molar-refractivity contribution < 1.29 is 35.5 Å². The summed E-state index contributed by atoms with van der Waals surface area (Å²) in [5.74, 6) is -6.33. The van der Waals surface area contributed by atoms with Crippen LogP contribution in [0.5, 0.6) is 11.6 Å². The maximum atomic E-state index is 14.8. The lowest BCUT2D eigenvalue weighted by molar-refractivity contribution is 0.217. The molecule has 0 bridgehead atoms. The first-order valence-corrected chi connectivity index (χ1v) is 13.1. The van der Waals surface area contributed by atoms with Gasteiger partial charge in [-0.2, -0.15) is 4.39 Å². The predicted molar refractivity (Wildman–Crippen MR) is 131 cm³/mol. The van der Waals surface area contributed by atoms with Crippen molar-refractivity contribution in [2.75, 3.05) is 42.6 Å². The molecule has 0 spiro atoms. The molecule has 1 aromatic carbocycles. The van der Waals surface area contributed by atoms with Gasteiger partial charge in [0.1, 0.15) is 11.9 Å². The summed E-state index contributed by atoms with van der Waals surface area (Å²) in [5, 5.41) is 6.01. The van der Waals surface area contributed by atoms with Gasteiger partial charge in [-0.25, -0.2) is 36.5 Å². The van der Waals surface area contributed by atoms with Crippen molar-refractivity contribution in [2.45, 2.75) is 18.6 Å². The molecule has 1 aliphatic heterocycles. The van der Waals surface area contributed by atoms with Gasteiger partial charge >= 0.3 is 0 Å². The molecule has 0 aliphatic carbocycles. The Morgan fingerprint density at radius 1 is 1.13 bits per heavy atom. The van der Waals surface area contributed by atoms with E-state index in [9.17, 15) is 26.0 Å². The average molecular weight is 557 g/mol. The summed E-state index contributed by atoms with van der Waals surface area (Å²) < 4.78 is 93.5. The van der Waals surface area contributed by atoms with Gasteiger partial charge in [0.2, 0.25) is 27.7 Å². The van der Waals surface area contributed by atoms with Crippen molar-refractivity contribution in [1.82, 2.24) is 20.3 Å². The number of anilines is 2. The number of rotatable bonds is 10. The van der Waals surface area contributed by atoms with Crippen molar-refractivity contribution in [3.8, 4) is 22.9 Å². The molecule has 2 atom stereocenters. The summed E-state index contributed by atoms with van der Waals surface area (Å²) in [4.78, 5) is 12.5. The number of pyridine rings is 1. The molecular formula is C23H24F4N6O4S. The second-order valence-electron chi connectivity index (χ2n) is 8.33. The third-order valence-electron chi connectivity index (χ3n) is 5.48. The van der Waals surface area contributed by atoms with Gasteiger partial charge < -0.3 is 20.1 Å². The summed E-state index contributed by atoms with van der Waals surface area (Å²) in [5.41, 5.74) is -0.658. The van der Waals surface area contributed by atoms with Crippen LogP contribution in [-0.2, 0) is 14.8 Å². The van der Waals surface area contributed by atoms with Crippen LogP contribution in [0.2, 0.25) is 0 Å². The van der Waals surface area contributed by atoms with E-state index >= 15 is 0 Å². The SMILES string of the molecule is COCCS(=O)(=O)Nc1c(F)cc(Oc2ncccc2-c2ccnc(N[C@@H]3CNC[C@@H](F)C3)n2)c(F)c1F. The molecule has 3 N–H and O–H groups in total. The molecule has 1 saturated heterocycles. The maximum absolute atomic E-state index is 14.8. The van der Waals surface area contributed by atoms with Crippen molar-refractivity contribution in [3.05, 3.63) is 54.1 Å². The smallest absolute Gasteiger partial charge is 0.235 e. The van der Waals surface area contributed by atoms with E-state index in [0.29, 0.717) is 12.6 Å². The number of nitrogens with one attached hydrogen (secondary N) is 3. The summed E-state index contributed by atoms with van der Waals surface area (Å²) in [6.45, 7) is 0.553. The van der Waals surface area contributed by atoms with Crippen LogP contribution in [0.3, 0.4) is 0 Å². The summed E-state index contributed by atoms with van der Waals surface area (Å²) in [6.07, 6.45) is 2.02. The fraction of sp³-hybridized carbons (Fsp3) is 0.348. The van der Waals surface area contributed by atoms with Crippen LogP contribution in [0.15, 0.2) is 36.7 Å². The number of ether oxygens (including phenoxy) is 2.